The van der Waals surface area contributed by atoms with E-state index in [0.29, 0.717) is 0 Å². The third kappa shape index (κ3) is 2.40. The van der Waals surface area contributed by atoms with E-state index in [1.165, 1.54) is 11.3 Å². The molecule has 0 saturated carbocycles. The van der Waals surface area contributed by atoms with Crippen molar-refractivity contribution in [2.45, 2.75) is 0 Å². The maximum absolute atomic E-state index is 10.7. The van der Waals surface area contributed by atoms with Gasteiger partial charge in [0.15, 0.2) is 0 Å². The van der Waals surface area contributed by atoms with Gasteiger partial charge in [0.05, 0.1) is 9.80 Å². The molecule has 0 bridgehead atoms. The molecule has 3 heterocycles. The van der Waals surface area contributed by atoms with Crippen LogP contribution in [0.2, 0.25) is 0 Å². The van der Waals surface area contributed by atoms with E-state index in [1.807, 2.05) is 24.3 Å². The molecule has 0 aliphatic carbocycles. The van der Waals surface area contributed by atoms with E-state index in [-0.39, 0.29) is 9.92 Å². The Morgan fingerprint density at radius 1 is 0.895 bits per heavy atom. The summed E-state index contributed by atoms with van der Waals surface area (Å²) in [7, 11) is 0. The van der Waals surface area contributed by atoms with Crippen LogP contribution >= 0.6 is 22.7 Å². The largest absolute Gasteiger partial charge is 0.324 e. The molecule has 19 heavy (non-hydrogen) atoms. The maximum atomic E-state index is 10.7. The zero-order chi connectivity index (χ0) is 13.2. The Bertz CT molecular complexity index is 719. The molecule has 0 radical (unpaired) electrons. The molecule has 0 unspecified atom stereocenters. The Morgan fingerprint density at radius 3 is 2.21 bits per heavy atom. The van der Waals surface area contributed by atoms with Gasteiger partial charge in [-0.3, -0.25) is 15.1 Å². The standard InChI is InChI=1S/C13H8N2O2S2/c16-15(17)13-4-3-12(19-13)11-2-1-10(18-11)9-5-7-14-8-6-9/h1-8H. The van der Waals surface area contributed by atoms with Gasteiger partial charge in [-0.15, -0.1) is 11.3 Å². The molecule has 6 heteroatoms. The summed E-state index contributed by atoms with van der Waals surface area (Å²) in [6.45, 7) is 0. The van der Waals surface area contributed by atoms with Gasteiger partial charge in [-0.25, -0.2) is 0 Å². The summed E-state index contributed by atoms with van der Waals surface area (Å²) in [4.78, 5) is 17.4. The van der Waals surface area contributed by atoms with E-state index < -0.39 is 0 Å². The first-order valence-corrected chi connectivity index (χ1v) is 7.12. The molecule has 3 aromatic heterocycles. The summed E-state index contributed by atoms with van der Waals surface area (Å²) in [5.74, 6) is 0. The maximum Gasteiger partial charge on any atom is 0.324 e. The molecule has 0 atom stereocenters. The Labute approximate surface area is 117 Å². The van der Waals surface area contributed by atoms with E-state index in [0.717, 1.165) is 20.2 Å². The third-order valence-corrected chi connectivity index (χ3v) is 4.95. The fourth-order valence-electron chi connectivity index (χ4n) is 1.70. The fraction of sp³-hybridized carbons (Fsp3) is 0. The van der Waals surface area contributed by atoms with Gasteiger partial charge < -0.3 is 0 Å². The molecule has 0 spiro atoms. The van der Waals surface area contributed by atoms with Gasteiger partial charge in [-0.05, 0) is 35.9 Å². The number of nitro groups is 1. The van der Waals surface area contributed by atoms with Gasteiger partial charge in [0.25, 0.3) is 0 Å². The van der Waals surface area contributed by atoms with Crippen molar-refractivity contribution in [3.05, 3.63) is 58.9 Å². The lowest BCUT2D eigenvalue weighted by molar-refractivity contribution is -0.380. The Morgan fingerprint density at radius 2 is 1.53 bits per heavy atom. The minimum absolute atomic E-state index is 0.175. The summed E-state index contributed by atoms with van der Waals surface area (Å²) in [5, 5.41) is 10.9. The van der Waals surface area contributed by atoms with Crippen LogP contribution in [0.1, 0.15) is 0 Å². The number of nitrogens with zero attached hydrogens (tertiary/aromatic N) is 2. The van der Waals surface area contributed by atoms with Crippen LogP contribution in [0.4, 0.5) is 5.00 Å². The summed E-state index contributed by atoms with van der Waals surface area (Å²) in [6, 6.07) is 11.3. The predicted molar refractivity (Wildman–Crippen MR) is 77.5 cm³/mol. The Kier molecular flexibility index (Phi) is 3.10. The van der Waals surface area contributed by atoms with Crippen molar-refractivity contribution in [1.82, 2.24) is 4.98 Å². The lowest BCUT2D eigenvalue weighted by Crippen LogP contribution is -1.80. The fourth-order valence-corrected chi connectivity index (χ4v) is 3.62. The molecule has 0 saturated heterocycles. The van der Waals surface area contributed by atoms with Crippen molar-refractivity contribution in [1.29, 1.82) is 0 Å². The number of hydrogen-bond donors (Lipinski definition) is 0. The molecular weight excluding hydrogens is 280 g/mol. The van der Waals surface area contributed by atoms with Crippen LogP contribution in [0.5, 0.6) is 0 Å². The zero-order valence-corrected chi connectivity index (χ0v) is 11.3. The van der Waals surface area contributed by atoms with Crippen molar-refractivity contribution in [2.75, 3.05) is 0 Å². The third-order valence-electron chi connectivity index (χ3n) is 2.59. The highest BCUT2D eigenvalue weighted by molar-refractivity contribution is 7.25. The molecule has 0 aliphatic rings. The van der Waals surface area contributed by atoms with Crippen LogP contribution in [0.15, 0.2) is 48.8 Å². The van der Waals surface area contributed by atoms with Crippen molar-refractivity contribution >= 4 is 27.7 Å². The van der Waals surface area contributed by atoms with Crippen molar-refractivity contribution in [3.63, 3.8) is 0 Å². The number of pyridine rings is 1. The lowest BCUT2D eigenvalue weighted by Gasteiger charge is -1.94. The number of rotatable bonds is 3. The quantitative estimate of drug-likeness (QED) is 0.528. The van der Waals surface area contributed by atoms with Crippen LogP contribution in [0.25, 0.3) is 20.2 Å². The van der Waals surface area contributed by atoms with Crippen LogP contribution in [-0.2, 0) is 0 Å². The van der Waals surface area contributed by atoms with Crippen molar-refractivity contribution in [2.24, 2.45) is 0 Å². The molecular formula is C13H8N2O2S2. The molecule has 3 rings (SSSR count). The second kappa shape index (κ2) is 4.91. The highest BCUT2D eigenvalue weighted by Crippen LogP contribution is 2.39. The van der Waals surface area contributed by atoms with E-state index in [4.69, 9.17) is 0 Å². The highest BCUT2D eigenvalue weighted by Gasteiger charge is 2.12. The van der Waals surface area contributed by atoms with Gasteiger partial charge in [-0.1, -0.05) is 11.3 Å². The average Bonchev–Trinajstić information content (AvgIpc) is 3.09. The average molecular weight is 288 g/mol. The van der Waals surface area contributed by atoms with Gasteiger partial charge in [0, 0.05) is 28.2 Å². The monoisotopic (exact) mass is 288 g/mol. The molecule has 0 N–H and O–H groups in total. The molecule has 3 aromatic rings. The zero-order valence-electron chi connectivity index (χ0n) is 9.65. The van der Waals surface area contributed by atoms with Crippen molar-refractivity contribution < 1.29 is 4.92 Å². The summed E-state index contributed by atoms with van der Waals surface area (Å²) >= 11 is 2.83. The molecule has 0 aromatic carbocycles. The van der Waals surface area contributed by atoms with Crippen LogP contribution in [-0.4, -0.2) is 9.91 Å². The van der Waals surface area contributed by atoms with Crippen LogP contribution < -0.4 is 0 Å². The normalized spacial score (nSPS) is 10.5. The molecule has 94 valence electrons. The van der Waals surface area contributed by atoms with Gasteiger partial charge in [0.1, 0.15) is 0 Å². The first kappa shape index (κ1) is 12.0. The lowest BCUT2D eigenvalue weighted by atomic mass is 10.2. The predicted octanol–water partition coefficient (Wildman–Crippen LogP) is 4.45. The number of hydrogen-bond acceptors (Lipinski definition) is 5. The molecule has 4 nitrogen and oxygen atoms in total. The molecule has 0 aliphatic heterocycles. The van der Waals surface area contributed by atoms with Gasteiger partial charge in [-0.2, -0.15) is 0 Å². The number of thiophene rings is 2. The minimum atomic E-state index is -0.356. The first-order chi connectivity index (χ1) is 9.24. The van der Waals surface area contributed by atoms with Crippen molar-refractivity contribution in [3.8, 4) is 20.2 Å². The highest BCUT2D eigenvalue weighted by atomic mass is 32.1. The first-order valence-electron chi connectivity index (χ1n) is 5.49. The second-order valence-corrected chi connectivity index (χ2v) is 5.94. The minimum Gasteiger partial charge on any atom is -0.265 e. The van der Waals surface area contributed by atoms with E-state index in [2.05, 4.69) is 4.98 Å². The van der Waals surface area contributed by atoms with Crippen LogP contribution in [0, 0.1) is 10.1 Å². The van der Waals surface area contributed by atoms with Gasteiger partial charge in [0.2, 0.25) is 0 Å². The summed E-state index contributed by atoms with van der Waals surface area (Å²) in [6.07, 6.45) is 3.51. The molecule has 0 fully saturated rings. The Balaban J connectivity index is 1.94. The van der Waals surface area contributed by atoms with E-state index in [1.54, 1.807) is 35.9 Å². The summed E-state index contributed by atoms with van der Waals surface area (Å²) in [5.41, 5.74) is 1.11. The van der Waals surface area contributed by atoms with E-state index in [9.17, 15) is 10.1 Å². The molecule has 0 amide bonds. The number of aromatic nitrogens is 1. The SMILES string of the molecule is O=[N+]([O-])c1ccc(-c2ccc(-c3ccncc3)s2)s1. The van der Waals surface area contributed by atoms with Crippen LogP contribution in [0.3, 0.4) is 0 Å². The van der Waals surface area contributed by atoms with Gasteiger partial charge >= 0.3 is 5.00 Å². The Hall–Kier alpha value is -2.05. The summed E-state index contributed by atoms with van der Waals surface area (Å²) < 4.78 is 0. The second-order valence-electron chi connectivity index (χ2n) is 3.79. The smallest absolute Gasteiger partial charge is 0.265 e. The van der Waals surface area contributed by atoms with E-state index >= 15 is 0 Å². The topological polar surface area (TPSA) is 56.0 Å².